The van der Waals surface area contributed by atoms with Gasteiger partial charge in [-0.2, -0.15) is 0 Å². The highest BCUT2D eigenvalue weighted by Crippen LogP contribution is 2.28. The molecular weight excluding hydrogens is 432 g/mol. The van der Waals surface area contributed by atoms with Crippen LogP contribution < -0.4 is 0 Å². The van der Waals surface area contributed by atoms with E-state index in [2.05, 4.69) is 58.3 Å². The van der Waals surface area contributed by atoms with Crippen LogP contribution in [0.1, 0.15) is 17.6 Å². The third-order valence-corrected chi connectivity index (χ3v) is 7.12. The highest BCUT2D eigenvalue weighted by atomic mass is 32.1. The van der Waals surface area contributed by atoms with Crippen LogP contribution >= 0.6 is 11.3 Å². The van der Waals surface area contributed by atoms with E-state index in [-0.39, 0.29) is 11.9 Å². The molecule has 0 saturated carbocycles. The van der Waals surface area contributed by atoms with Gasteiger partial charge in [0, 0.05) is 43.0 Å². The number of fused-ring (bicyclic) bond motifs is 2. The van der Waals surface area contributed by atoms with E-state index in [1.165, 1.54) is 10.8 Å². The minimum Gasteiger partial charge on any atom is -0.340 e. The fourth-order valence-electron chi connectivity index (χ4n) is 4.58. The van der Waals surface area contributed by atoms with Crippen molar-refractivity contribution in [1.29, 1.82) is 0 Å². The number of nitrogens with one attached hydrogen (secondary N) is 1. The average Bonchev–Trinajstić information content (AvgIpc) is 3.55. The number of aromatic amines is 1. The van der Waals surface area contributed by atoms with Crippen LogP contribution in [0.2, 0.25) is 0 Å². The summed E-state index contributed by atoms with van der Waals surface area (Å²) in [5.74, 6) is 0.909. The van der Waals surface area contributed by atoms with Gasteiger partial charge in [0.25, 0.3) is 0 Å². The Morgan fingerprint density at radius 3 is 2.94 bits per heavy atom. The number of thiazole rings is 1. The number of hydrogen-bond donors (Lipinski definition) is 1. The van der Waals surface area contributed by atoms with Gasteiger partial charge in [-0.25, -0.2) is 9.97 Å². The van der Waals surface area contributed by atoms with E-state index >= 15 is 0 Å². The SMILES string of the molecule is CN1CCN(C(=O)Cc2cn3ccsc3n2)C(c2ncc(-c3ccc4ccccc4c3)[nH]2)C1. The summed E-state index contributed by atoms with van der Waals surface area (Å²) in [5.41, 5.74) is 2.86. The molecule has 2 aromatic carbocycles. The first-order valence-electron chi connectivity index (χ1n) is 11.1. The average molecular weight is 457 g/mol. The van der Waals surface area contributed by atoms with Gasteiger partial charge >= 0.3 is 0 Å². The number of rotatable bonds is 4. The van der Waals surface area contributed by atoms with Gasteiger partial charge in [-0.3, -0.25) is 9.20 Å². The zero-order valence-electron chi connectivity index (χ0n) is 18.3. The second-order valence-electron chi connectivity index (χ2n) is 8.61. The number of H-pyrrole nitrogens is 1. The number of likely N-dealkylation sites (N-methyl/N-ethyl adjacent to an activating group) is 1. The Balaban J connectivity index is 1.26. The monoisotopic (exact) mass is 456 g/mol. The lowest BCUT2D eigenvalue weighted by molar-refractivity contribution is -0.135. The largest absolute Gasteiger partial charge is 0.340 e. The summed E-state index contributed by atoms with van der Waals surface area (Å²) in [5, 5.41) is 4.40. The van der Waals surface area contributed by atoms with Gasteiger partial charge in [0.05, 0.1) is 24.0 Å². The van der Waals surface area contributed by atoms with Crippen molar-refractivity contribution in [2.75, 3.05) is 26.7 Å². The van der Waals surface area contributed by atoms with E-state index in [1.54, 1.807) is 11.3 Å². The molecule has 1 N–H and O–H groups in total. The predicted molar refractivity (Wildman–Crippen MR) is 130 cm³/mol. The molecule has 4 heterocycles. The number of hydrogen-bond acceptors (Lipinski definition) is 5. The summed E-state index contributed by atoms with van der Waals surface area (Å²) >= 11 is 1.58. The lowest BCUT2D eigenvalue weighted by Crippen LogP contribution is -2.50. The summed E-state index contributed by atoms with van der Waals surface area (Å²) in [4.78, 5) is 31.2. The Hall–Kier alpha value is -3.49. The van der Waals surface area contributed by atoms with Crippen LogP contribution in [0.4, 0.5) is 0 Å². The molecule has 1 aliphatic heterocycles. The molecule has 166 valence electrons. The smallest absolute Gasteiger partial charge is 0.229 e. The highest BCUT2D eigenvalue weighted by molar-refractivity contribution is 7.15. The number of nitrogens with zero attached hydrogens (tertiary/aromatic N) is 5. The molecule has 1 aliphatic rings. The van der Waals surface area contributed by atoms with Gasteiger partial charge in [-0.1, -0.05) is 36.4 Å². The van der Waals surface area contributed by atoms with Crippen molar-refractivity contribution in [3.05, 3.63) is 78.0 Å². The fourth-order valence-corrected chi connectivity index (χ4v) is 5.30. The zero-order chi connectivity index (χ0) is 22.4. The number of piperazine rings is 1. The third kappa shape index (κ3) is 3.81. The Morgan fingerprint density at radius 1 is 1.18 bits per heavy atom. The van der Waals surface area contributed by atoms with E-state index in [9.17, 15) is 4.79 Å². The van der Waals surface area contributed by atoms with Crippen molar-refractivity contribution in [3.8, 4) is 11.3 Å². The van der Waals surface area contributed by atoms with E-state index in [4.69, 9.17) is 4.98 Å². The van der Waals surface area contributed by atoms with Crippen molar-refractivity contribution in [2.24, 2.45) is 0 Å². The van der Waals surface area contributed by atoms with Crippen LogP contribution in [-0.2, 0) is 11.2 Å². The van der Waals surface area contributed by atoms with Gasteiger partial charge in [-0.15, -0.1) is 11.3 Å². The standard InChI is InChI=1S/C25H24N6OS/c1-29-8-9-31(23(32)13-20-15-30-10-11-33-25(30)27-20)22(16-29)24-26-14-21(28-24)19-7-6-17-4-2-3-5-18(17)12-19/h2-7,10-12,14-15,22H,8-9,13,16H2,1H3,(H,26,28). The minimum absolute atomic E-state index is 0.0857. The minimum atomic E-state index is -0.116. The second-order valence-corrected chi connectivity index (χ2v) is 9.48. The van der Waals surface area contributed by atoms with Crippen molar-refractivity contribution in [2.45, 2.75) is 12.5 Å². The first-order valence-corrected chi connectivity index (χ1v) is 12.0. The summed E-state index contributed by atoms with van der Waals surface area (Å²) in [6, 6.07) is 14.6. The van der Waals surface area contributed by atoms with Gasteiger partial charge in [-0.05, 0) is 23.9 Å². The Labute approximate surface area is 195 Å². The van der Waals surface area contributed by atoms with Crippen molar-refractivity contribution in [1.82, 2.24) is 29.2 Å². The van der Waals surface area contributed by atoms with Gasteiger partial charge < -0.3 is 14.8 Å². The molecule has 1 atom stereocenters. The quantitative estimate of drug-likeness (QED) is 0.444. The topological polar surface area (TPSA) is 69.5 Å². The Morgan fingerprint density at radius 2 is 2.06 bits per heavy atom. The molecule has 8 heteroatoms. The van der Waals surface area contributed by atoms with Gasteiger partial charge in [0.15, 0.2) is 4.96 Å². The molecule has 3 aromatic heterocycles. The van der Waals surface area contributed by atoms with E-state index < -0.39 is 0 Å². The molecule has 33 heavy (non-hydrogen) atoms. The second kappa shape index (κ2) is 8.13. The molecular formula is C25H24N6OS. The lowest BCUT2D eigenvalue weighted by atomic mass is 10.1. The van der Waals surface area contributed by atoms with Crippen molar-refractivity contribution < 1.29 is 4.79 Å². The van der Waals surface area contributed by atoms with Crippen LogP contribution in [0.15, 0.2) is 66.4 Å². The molecule has 7 nitrogen and oxygen atoms in total. The van der Waals surface area contributed by atoms with Crippen LogP contribution in [-0.4, -0.2) is 61.7 Å². The van der Waals surface area contributed by atoms with E-state index in [0.717, 1.165) is 40.8 Å². The van der Waals surface area contributed by atoms with Crippen LogP contribution in [0, 0.1) is 0 Å². The molecule has 1 saturated heterocycles. The number of carbonyl (C=O) groups excluding carboxylic acids is 1. The molecule has 1 fully saturated rings. The van der Waals surface area contributed by atoms with E-state index in [0.29, 0.717) is 13.0 Å². The number of imidazole rings is 2. The molecule has 0 bridgehead atoms. The molecule has 0 radical (unpaired) electrons. The van der Waals surface area contributed by atoms with Crippen molar-refractivity contribution in [3.63, 3.8) is 0 Å². The summed E-state index contributed by atoms with van der Waals surface area (Å²) in [6.45, 7) is 2.27. The van der Waals surface area contributed by atoms with E-state index in [1.807, 2.05) is 39.3 Å². The normalized spacial score (nSPS) is 17.2. The molecule has 1 amide bonds. The van der Waals surface area contributed by atoms with Crippen LogP contribution in [0.3, 0.4) is 0 Å². The highest BCUT2D eigenvalue weighted by Gasteiger charge is 2.32. The molecule has 0 aliphatic carbocycles. The fraction of sp³-hybridized carbons (Fsp3) is 0.240. The lowest BCUT2D eigenvalue weighted by Gasteiger charge is -2.39. The molecule has 1 unspecified atom stereocenters. The maximum absolute atomic E-state index is 13.3. The summed E-state index contributed by atoms with van der Waals surface area (Å²) in [6.07, 6.45) is 6.09. The molecule has 0 spiro atoms. The number of carbonyl (C=O) groups is 1. The van der Waals surface area contributed by atoms with Crippen LogP contribution in [0.25, 0.3) is 27.0 Å². The van der Waals surface area contributed by atoms with Gasteiger partial charge in [0.1, 0.15) is 11.9 Å². The zero-order valence-corrected chi connectivity index (χ0v) is 19.1. The third-order valence-electron chi connectivity index (χ3n) is 6.35. The predicted octanol–water partition coefficient (Wildman–Crippen LogP) is 4.00. The van der Waals surface area contributed by atoms with Crippen molar-refractivity contribution >= 4 is 33.0 Å². The molecule has 5 aromatic rings. The van der Waals surface area contributed by atoms with Crippen LogP contribution in [0.5, 0.6) is 0 Å². The van der Waals surface area contributed by atoms with Gasteiger partial charge in [0.2, 0.25) is 5.91 Å². The number of amides is 1. The molecule has 6 rings (SSSR count). The number of aromatic nitrogens is 4. The Bertz CT molecular complexity index is 1420. The summed E-state index contributed by atoms with van der Waals surface area (Å²) in [7, 11) is 2.09. The maximum atomic E-state index is 13.3. The number of benzene rings is 2. The first-order chi connectivity index (χ1) is 16.1. The maximum Gasteiger partial charge on any atom is 0.229 e. The Kier molecular flexibility index (Phi) is 4.96. The first kappa shape index (κ1) is 20.1. The summed E-state index contributed by atoms with van der Waals surface area (Å²) < 4.78 is 1.97.